The first-order valence-corrected chi connectivity index (χ1v) is 11.6. The summed E-state index contributed by atoms with van der Waals surface area (Å²) in [6.07, 6.45) is 5.21. The number of ether oxygens (including phenoxy) is 1. The van der Waals surface area contributed by atoms with Gasteiger partial charge < -0.3 is 10.1 Å². The zero-order valence-electron chi connectivity index (χ0n) is 17.7. The molecule has 1 saturated carbocycles. The van der Waals surface area contributed by atoms with Gasteiger partial charge in [-0.25, -0.2) is 8.42 Å². The van der Waals surface area contributed by atoms with Crippen LogP contribution in [0.15, 0.2) is 29.2 Å². The number of esters is 1. The van der Waals surface area contributed by atoms with E-state index in [0.717, 1.165) is 31.2 Å². The van der Waals surface area contributed by atoms with Crippen LogP contribution in [0.4, 0.5) is 0 Å². The number of hydrogen-bond acceptors (Lipinski definition) is 5. The van der Waals surface area contributed by atoms with Gasteiger partial charge in [0.15, 0.2) is 6.61 Å². The molecule has 29 heavy (non-hydrogen) atoms. The number of amides is 1. The first-order valence-electron chi connectivity index (χ1n) is 10.1. The van der Waals surface area contributed by atoms with Crippen molar-refractivity contribution in [2.75, 3.05) is 6.61 Å². The van der Waals surface area contributed by atoms with Gasteiger partial charge in [-0.15, -0.1) is 0 Å². The monoisotopic (exact) mass is 424 g/mol. The standard InChI is InChI=1S/C21H32N2O5S/c1-15(20(25)28-14-19(24)22-17-8-6-5-7-9-17)23-29(26,27)18-12-10-16(11-13-18)21(2,3)4/h10-13,15,17,23H,5-9,14H2,1-4H3,(H,22,24)/t15-/m0/s1. The Morgan fingerprint density at radius 1 is 1.10 bits per heavy atom. The van der Waals surface area contributed by atoms with E-state index in [2.05, 4.69) is 10.0 Å². The Bertz CT molecular complexity index is 806. The lowest BCUT2D eigenvalue weighted by atomic mass is 9.87. The van der Waals surface area contributed by atoms with E-state index >= 15 is 0 Å². The van der Waals surface area contributed by atoms with E-state index in [1.54, 1.807) is 12.1 Å². The van der Waals surface area contributed by atoms with Crippen molar-refractivity contribution in [2.45, 2.75) is 82.2 Å². The second kappa shape index (κ2) is 9.71. The van der Waals surface area contributed by atoms with Gasteiger partial charge in [0.1, 0.15) is 6.04 Å². The largest absolute Gasteiger partial charge is 0.454 e. The molecule has 2 N–H and O–H groups in total. The SMILES string of the molecule is C[C@H](NS(=O)(=O)c1ccc(C(C)(C)C)cc1)C(=O)OCC(=O)NC1CCCCC1. The van der Waals surface area contributed by atoms with E-state index < -0.39 is 28.6 Å². The van der Waals surface area contributed by atoms with Gasteiger partial charge in [-0.05, 0) is 42.9 Å². The van der Waals surface area contributed by atoms with Crippen molar-refractivity contribution < 1.29 is 22.7 Å². The minimum Gasteiger partial charge on any atom is -0.454 e. The summed E-state index contributed by atoms with van der Waals surface area (Å²) in [6, 6.07) is 5.56. The topological polar surface area (TPSA) is 102 Å². The van der Waals surface area contributed by atoms with Crippen LogP contribution in [-0.4, -0.2) is 39.0 Å². The van der Waals surface area contributed by atoms with Crippen LogP contribution in [0, 0.1) is 0 Å². The van der Waals surface area contributed by atoms with Crippen molar-refractivity contribution >= 4 is 21.9 Å². The minimum absolute atomic E-state index is 0.0696. The molecule has 1 aromatic rings. The highest BCUT2D eigenvalue weighted by Crippen LogP contribution is 2.23. The molecule has 1 aliphatic rings. The van der Waals surface area contributed by atoms with Gasteiger partial charge >= 0.3 is 5.97 Å². The van der Waals surface area contributed by atoms with E-state index in [1.165, 1.54) is 25.5 Å². The van der Waals surface area contributed by atoms with Crippen molar-refractivity contribution in [3.8, 4) is 0 Å². The fourth-order valence-corrected chi connectivity index (χ4v) is 4.45. The number of carbonyl (C=O) groups is 2. The third-order valence-corrected chi connectivity index (χ3v) is 6.59. The molecule has 0 aliphatic heterocycles. The molecule has 0 bridgehead atoms. The van der Waals surface area contributed by atoms with Crippen molar-refractivity contribution in [2.24, 2.45) is 0 Å². The molecule has 1 aliphatic carbocycles. The Labute approximate surface area is 173 Å². The van der Waals surface area contributed by atoms with E-state index in [0.29, 0.717) is 0 Å². The van der Waals surface area contributed by atoms with Crippen LogP contribution in [-0.2, 0) is 29.8 Å². The van der Waals surface area contributed by atoms with Crippen LogP contribution < -0.4 is 10.0 Å². The highest BCUT2D eigenvalue weighted by molar-refractivity contribution is 7.89. The van der Waals surface area contributed by atoms with Gasteiger partial charge in [0, 0.05) is 6.04 Å². The molecule has 1 amide bonds. The van der Waals surface area contributed by atoms with Crippen LogP contribution in [0.1, 0.15) is 65.4 Å². The molecule has 7 nitrogen and oxygen atoms in total. The van der Waals surface area contributed by atoms with E-state index in [-0.39, 0.29) is 22.3 Å². The van der Waals surface area contributed by atoms with Gasteiger partial charge in [0.2, 0.25) is 10.0 Å². The van der Waals surface area contributed by atoms with Gasteiger partial charge in [-0.2, -0.15) is 4.72 Å². The van der Waals surface area contributed by atoms with Gasteiger partial charge in [0.05, 0.1) is 4.90 Å². The predicted molar refractivity (Wildman–Crippen MR) is 111 cm³/mol. The number of nitrogens with one attached hydrogen (secondary N) is 2. The molecule has 0 aromatic heterocycles. The molecule has 2 rings (SSSR count). The molecule has 162 valence electrons. The molecular formula is C21H32N2O5S. The fraction of sp³-hybridized carbons (Fsp3) is 0.619. The Hall–Kier alpha value is -1.93. The highest BCUT2D eigenvalue weighted by atomic mass is 32.2. The Morgan fingerprint density at radius 2 is 1.69 bits per heavy atom. The molecule has 1 fully saturated rings. The van der Waals surface area contributed by atoms with E-state index in [9.17, 15) is 18.0 Å². The molecule has 1 aromatic carbocycles. The van der Waals surface area contributed by atoms with Crippen LogP contribution in [0.25, 0.3) is 0 Å². The summed E-state index contributed by atoms with van der Waals surface area (Å²) in [5.41, 5.74) is 0.915. The molecule has 1 atom stereocenters. The van der Waals surface area contributed by atoms with Crippen LogP contribution in [0.5, 0.6) is 0 Å². The van der Waals surface area contributed by atoms with Gasteiger partial charge in [-0.1, -0.05) is 52.2 Å². The molecule has 0 radical (unpaired) electrons. The Morgan fingerprint density at radius 3 is 2.24 bits per heavy atom. The summed E-state index contributed by atoms with van der Waals surface area (Å²) in [4.78, 5) is 24.1. The van der Waals surface area contributed by atoms with Crippen LogP contribution in [0.2, 0.25) is 0 Å². The Kier molecular flexibility index (Phi) is 7.82. The van der Waals surface area contributed by atoms with Crippen molar-refractivity contribution in [1.82, 2.24) is 10.0 Å². The zero-order chi connectivity index (χ0) is 21.7. The average Bonchev–Trinajstić information content (AvgIpc) is 2.66. The highest BCUT2D eigenvalue weighted by Gasteiger charge is 2.25. The zero-order valence-corrected chi connectivity index (χ0v) is 18.5. The van der Waals surface area contributed by atoms with E-state index in [4.69, 9.17) is 4.74 Å². The minimum atomic E-state index is -3.88. The maximum absolute atomic E-state index is 12.5. The molecule has 0 heterocycles. The van der Waals surface area contributed by atoms with E-state index in [1.807, 2.05) is 20.8 Å². The summed E-state index contributed by atoms with van der Waals surface area (Å²) < 4.78 is 32.3. The molecule has 0 spiro atoms. The second-order valence-corrected chi connectivity index (χ2v) is 10.3. The summed E-state index contributed by atoms with van der Waals surface area (Å²) in [5.74, 6) is -1.16. The predicted octanol–water partition coefficient (Wildman–Crippen LogP) is 2.64. The Balaban J connectivity index is 1.86. The second-order valence-electron chi connectivity index (χ2n) is 8.63. The maximum atomic E-state index is 12.5. The smallest absolute Gasteiger partial charge is 0.324 e. The first kappa shape index (κ1) is 23.3. The molecule has 0 saturated heterocycles. The summed E-state index contributed by atoms with van der Waals surface area (Å²) in [7, 11) is -3.88. The van der Waals surface area contributed by atoms with Crippen molar-refractivity contribution in [3.05, 3.63) is 29.8 Å². The molecular weight excluding hydrogens is 392 g/mol. The maximum Gasteiger partial charge on any atom is 0.324 e. The summed E-state index contributed by atoms with van der Waals surface area (Å²) in [6.45, 7) is 7.09. The quantitative estimate of drug-likeness (QED) is 0.655. The number of rotatable bonds is 7. The molecule has 0 unspecified atom stereocenters. The third-order valence-electron chi connectivity index (χ3n) is 5.03. The molecule has 8 heteroatoms. The number of hydrogen-bond donors (Lipinski definition) is 2. The van der Waals surface area contributed by atoms with Crippen LogP contribution in [0.3, 0.4) is 0 Å². The summed E-state index contributed by atoms with van der Waals surface area (Å²) in [5, 5.41) is 2.85. The lowest BCUT2D eigenvalue weighted by Crippen LogP contribution is -2.42. The average molecular weight is 425 g/mol. The third kappa shape index (κ3) is 7.12. The lowest BCUT2D eigenvalue weighted by molar-refractivity contribution is -0.150. The first-order chi connectivity index (χ1) is 13.5. The fourth-order valence-electron chi connectivity index (χ4n) is 3.26. The van der Waals surface area contributed by atoms with Gasteiger partial charge in [0.25, 0.3) is 5.91 Å². The van der Waals surface area contributed by atoms with Crippen molar-refractivity contribution in [1.29, 1.82) is 0 Å². The van der Waals surface area contributed by atoms with Crippen molar-refractivity contribution in [3.63, 3.8) is 0 Å². The number of benzene rings is 1. The van der Waals surface area contributed by atoms with Crippen LogP contribution >= 0.6 is 0 Å². The van der Waals surface area contributed by atoms with Gasteiger partial charge in [-0.3, -0.25) is 9.59 Å². The summed E-state index contributed by atoms with van der Waals surface area (Å²) >= 11 is 0. The number of sulfonamides is 1. The number of carbonyl (C=O) groups excluding carboxylic acids is 2. The lowest BCUT2D eigenvalue weighted by Gasteiger charge is -2.22. The normalized spacial score (nSPS) is 16.8.